The van der Waals surface area contributed by atoms with Crippen LogP contribution in [0.1, 0.15) is 35.2 Å². The van der Waals surface area contributed by atoms with Crippen molar-refractivity contribution in [3.05, 3.63) is 71.8 Å². The van der Waals surface area contributed by atoms with Crippen LogP contribution in [0.2, 0.25) is 0 Å². The second-order valence-corrected chi connectivity index (χ2v) is 12.0. The highest BCUT2D eigenvalue weighted by atomic mass is 32.2. The maximum absolute atomic E-state index is 13.5. The first-order valence-electron chi connectivity index (χ1n) is 12.9. The molecule has 2 aromatic rings. The molecule has 228 valence electrons. The van der Waals surface area contributed by atoms with E-state index in [-0.39, 0.29) is 44.1 Å². The molecule has 0 bridgehead atoms. The number of hydroxylamine groups is 2. The molecule has 0 aromatic heterocycles. The van der Waals surface area contributed by atoms with Crippen LogP contribution < -0.4 is 10.1 Å². The predicted molar refractivity (Wildman–Crippen MR) is 140 cm³/mol. The summed E-state index contributed by atoms with van der Waals surface area (Å²) in [5.74, 6) is -4.44. The lowest BCUT2D eigenvalue weighted by molar-refractivity contribution is -0.360. The van der Waals surface area contributed by atoms with Crippen molar-refractivity contribution in [1.82, 2.24) is 14.7 Å². The highest BCUT2D eigenvalue weighted by molar-refractivity contribution is 7.89. The van der Waals surface area contributed by atoms with Crippen LogP contribution >= 0.6 is 0 Å². The summed E-state index contributed by atoms with van der Waals surface area (Å²) in [5, 5.41) is 13.3. The number of hydrogen-bond acceptors (Lipinski definition) is 7. The second kappa shape index (κ2) is 12.1. The Hall–Kier alpha value is -3.40. The summed E-state index contributed by atoms with van der Waals surface area (Å²) in [6.07, 6.45) is -9.48. The predicted octanol–water partition coefficient (Wildman–Crippen LogP) is 4.07. The number of carbonyl (C=O) groups excluding carboxylic acids is 2. The highest BCUT2D eigenvalue weighted by Gasteiger charge is 2.61. The minimum Gasteiger partial charge on any atom is -0.426 e. The van der Waals surface area contributed by atoms with Crippen molar-refractivity contribution in [3.63, 3.8) is 0 Å². The molecular weight excluding hydrogens is 589 g/mol. The molecule has 9 nitrogen and oxygen atoms in total. The highest BCUT2D eigenvalue weighted by Crippen LogP contribution is 2.38. The molecule has 0 spiro atoms. The van der Waals surface area contributed by atoms with E-state index in [1.807, 2.05) is 30.3 Å². The van der Waals surface area contributed by atoms with Gasteiger partial charge in [-0.2, -0.15) is 31.3 Å². The molecule has 0 atom stereocenters. The van der Waals surface area contributed by atoms with Gasteiger partial charge in [0.1, 0.15) is 5.75 Å². The van der Waals surface area contributed by atoms with Crippen molar-refractivity contribution in [2.45, 2.75) is 31.5 Å². The van der Waals surface area contributed by atoms with Crippen LogP contribution in [-0.2, 0) is 14.8 Å². The summed E-state index contributed by atoms with van der Waals surface area (Å²) in [5.41, 5.74) is -0.412. The molecule has 2 N–H and O–H groups in total. The van der Waals surface area contributed by atoms with E-state index >= 15 is 0 Å². The summed E-state index contributed by atoms with van der Waals surface area (Å²) in [7, 11) is -4.08. The molecular formula is C27H28F5N3O6S. The number of alkyl halides is 5. The number of ether oxygens (including phenoxy) is 1. The molecule has 0 aliphatic carbocycles. The van der Waals surface area contributed by atoms with Crippen molar-refractivity contribution in [2.75, 3.05) is 31.9 Å². The quantitative estimate of drug-likeness (QED) is 0.199. The Bertz CT molecular complexity index is 1440. The summed E-state index contributed by atoms with van der Waals surface area (Å²) in [4.78, 5) is 26.4. The van der Waals surface area contributed by atoms with E-state index in [0.29, 0.717) is 12.5 Å². The van der Waals surface area contributed by atoms with Crippen molar-refractivity contribution < 1.29 is 49.9 Å². The second-order valence-electron chi connectivity index (χ2n) is 10.1. The minimum absolute atomic E-state index is 0.0463. The van der Waals surface area contributed by atoms with Gasteiger partial charge in [-0.25, -0.2) is 8.42 Å². The van der Waals surface area contributed by atoms with E-state index in [2.05, 4.69) is 10.1 Å². The zero-order chi connectivity index (χ0) is 30.8. The number of imide groups is 1. The fourth-order valence-corrected chi connectivity index (χ4v) is 6.89. The Labute approximate surface area is 238 Å². The largest absolute Gasteiger partial charge is 0.499 e. The van der Waals surface area contributed by atoms with Crippen LogP contribution in [0.3, 0.4) is 0 Å². The molecule has 0 saturated carbocycles. The zero-order valence-electron chi connectivity index (χ0n) is 22.1. The third kappa shape index (κ3) is 6.80. The van der Waals surface area contributed by atoms with Gasteiger partial charge in [-0.05, 0) is 61.7 Å². The average molecular weight is 618 g/mol. The van der Waals surface area contributed by atoms with E-state index in [0.717, 1.165) is 29.3 Å². The molecule has 1 fully saturated rings. The van der Waals surface area contributed by atoms with Gasteiger partial charge >= 0.3 is 12.3 Å². The van der Waals surface area contributed by atoms with Gasteiger partial charge < -0.3 is 10.1 Å². The summed E-state index contributed by atoms with van der Waals surface area (Å²) >= 11 is 0. The Morgan fingerprint density at radius 1 is 1.02 bits per heavy atom. The molecule has 2 aromatic carbocycles. The third-order valence-corrected chi connectivity index (χ3v) is 9.26. The van der Waals surface area contributed by atoms with E-state index in [1.54, 1.807) is 6.08 Å². The van der Waals surface area contributed by atoms with Crippen molar-refractivity contribution >= 4 is 27.4 Å². The van der Waals surface area contributed by atoms with Gasteiger partial charge in [0.05, 0.1) is 11.2 Å². The van der Waals surface area contributed by atoms with Gasteiger partial charge in [-0.3, -0.25) is 14.8 Å². The lowest BCUT2D eigenvalue weighted by atomic mass is 9.79. The van der Waals surface area contributed by atoms with Crippen LogP contribution in [0.25, 0.3) is 5.57 Å². The molecule has 4 rings (SSSR count). The molecule has 0 unspecified atom stereocenters. The molecule has 2 amide bonds. The number of nitrogens with one attached hydrogen (secondary N) is 1. The lowest BCUT2D eigenvalue weighted by Gasteiger charge is -2.38. The number of hydrogen-bond donors (Lipinski definition) is 2. The van der Waals surface area contributed by atoms with Crippen LogP contribution in [-0.4, -0.2) is 79.0 Å². The Balaban J connectivity index is 1.52. The third-order valence-electron chi connectivity index (χ3n) is 7.22. The van der Waals surface area contributed by atoms with Crippen molar-refractivity contribution in [3.8, 4) is 5.75 Å². The normalized spacial score (nSPS) is 18.2. The van der Waals surface area contributed by atoms with E-state index in [9.17, 15) is 45.2 Å². The van der Waals surface area contributed by atoms with Gasteiger partial charge in [-0.15, -0.1) is 0 Å². The Morgan fingerprint density at radius 2 is 1.69 bits per heavy atom. The Morgan fingerprint density at radius 3 is 2.29 bits per heavy atom. The summed E-state index contributed by atoms with van der Waals surface area (Å²) in [6.45, 7) is 0.628. The fourth-order valence-electron chi connectivity index (χ4n) is 4.92. The molecule has 2 aliphatic rings. The molecule has 1 saturated heterocycles. The van der Waals surface area contributed by atoms with Gasteiger partial charge in [0.2, 0.25) is 10.0 Å². The van der Waals surface area contributed by atoms with Crippen LogP contribution in [0, 0.1) is 5.41 Å². The first-order chi connectivity index (χ1) is 19.7. The number of halogens is 5. The molecule has 15 heteroatoms. The van der Waals surface area contributed by atoms with Crippen molar-refractivity contribution in [2.24, 2.45) is 5.41 Å². The van der Waals surface area contributed by atoms with E-state index in [1.165, 1.54) is 4.31 Å². The smallest absolute Gasteiger partial charge is 0.426 e. The van der Waals surface area contributed by atoms with Gasteiger partial charge in [0, 0.05) is 18.7 Å². The van der Waals surface area contributed by atoms with Crippen LogP contribution in [0.5, 0.6) is 5.75 Å². The minimum atomic E-state index is -6.04. The van der Waals surface area contributed by atoms with Crippen molar-refractivity contribution in [1.29, 1.82) is 0 Å². The summed E-state index contributed by atoms with van der Waals surface area (Å²) < 4.78 is 96.2. The first kappa shape index (κ1) is 31.5. The fraction of sp³-hybridized carbons (Fsp3) is 0.407. The standard InChI is InChI=1S/C27H28F5N3O6S/c28-26(29,30)27(31,32)41-22-8-4-7-21(17-22)23(36)35(38)24(37)25(11-13-33-14-12-25)18-42(39,40)34-15-9-20(10-16-34)19-5-2-1-3-6-19/h1-9,17,33,38H,10-16,18H2. The Kier molecular flexibility index (Phi) is 9.06. The van der Waals surface area contributed by atoms with Gasteiger partial charge in [-0.1, -0.05) is 42.5 Å². The zero-order valence-corrected chi connectivity index (χ0v) is 22.9. The number of carbonyl (C=O) groups is 2. The number of sulfonamides is 1. The number of rotatable bonds is 8. The number of piperidine rings is 1. The maximum Gasteiger partial charge on any atom is 0.499 e. The summed E-state index contributed by atoms with van der Waals surface area (Å²) in [6, 6.07) is 12.6. The maximum atomic E-state index is 13.5. The SMILES string of the molecule is O=C(c1cccc(OC(F)(F)C(F)(F)F)c1)N(O)C(=O)C1(CS(=O)(=O)N2CC=C(c3ccccc3)CC2)CCNCC1. The molecule has 2 heterocycles. The topological polar surface area (TPSA) is 116 Å². The van der Waals surface area contributed by atoms with Crippen LogP contribution in [0.15, 0.2) is 60.7 Å². The first-order valence-corrected chi connectivity index (χ1v) is 14.5. The molecule has 2 aliphatic heterocycles. The number of nitrogens with zero attached hydrogens (tertiary/aromatic N) is 2. The van der Waals surface area contributed by atoms with E-state index in [4.69, 9.17) is 0 Å². The lowest BCUT2D eigenvalue weighted by Crippen LogP contribution is -2.54. The van der Waals surface area contributed by atoms with Crippen LogP contribution in [0.4, 0.5) is 22.0 Å². The number of benzene rings is 2. The van der Waals surface area contributed by atoms with E-state index < -0.39 is 56.6 Å². The molecule has 0 radical (unpaired) electrons. The van der Waals surface area contributed by atoms with Gasteiger partial charge in [0.25, 0.3) is 11.8 Å². The molecule has 42 heavy (non-hydrogen) atoms. The number of amides is 2. The monoisotopic (exact) mass is 617 g/mol. The average Bonchev–Trinajstić information content (AvgIpc) is 2.96. The van der Waals surface area contributed by atoms with Gasteiger partial charge in [0.15, 0.2) is 0 Å².